The van der Waals surface area contributed by atoms with Gasteiger partial charge in [-0.05, 0) is 32.2 Å². The Kier molecular flexibility index (Phi) is 4.54. The molecule has 1 unspecified atom stereocenters. The van der Waals surface area contributed by atoms with Crippen LogP contribution >= 0.6 is 0 Å². The number of likely N-dealkylation sites (tertiary alicyclic amines) is 1. The second-order valence-corrected chi connectivity index (χ2v) is 4.13. The first-order valence-electron chi connectivity index (χ1n) is 5.64. The van der Waals surface area contributed by atoms with E-state index in [2.05, 4.69) is 4.90 Å². The summed E-state index contributed by atoms with van der Waals surface area (Å²) in [6.45, 7) is 4.40. The Morgan fingerprint density at radius 3 is 2.87 bits per heavy atom. The Hall–Kier alpha value is -0.610. The van der Waals surface area contributed by atoms with Crippen molar-refractivity contribution in [2.24, 2.45) is 0 Å². The van der Waals surface area contributed by atoms with E-state index < -0.39 is 11.5 Å². The summed E-state index contributed by atoms with van der Waals surface area (Å²) in [7, 11) is 1.67. The molecular formula is C11H21NO3. The van der Waals surface area contributed by atoms with Crippen LogP contribution < -0.4 is 0 Å². The third kappa shape index (κ3) is 2.49. The van der Waals surface area contributed by atoms with Gasteiger partial charge in [0.1, 0.15) is 5.54 Å². The maximum Gasteiger partial charge on any atom is 0.324 e. The fraction of sp³-hybridized carbons (Fsp3) is 0.909. The lowest BCUT2D eigenvalue weighted by Crippen LogP contribution is -2.50. The Balaban J connectivity index is 2.57. The van der Waals surface area contributed by atoms with Crippen LogP contribution in [0.1, 0.15) is 32.6 Å². The molecular weight excluding hydrogens is 194 g/mol. The van der Waals surface area contributed by atoms with Gasteiger partial charge in [-0.25, -0.2) is 0 Å². The van der Waals surface area contributed by atoms with Gasteiger partial charge in [-0.3, -0.25) is 9.69 Å². The van der Waals surface area contributed by atoms with Crippen LogP contribution in [0.3, 0.4) is 0 Å². The molecule has 0 aliphatic carbocycles. The zero-order valence-corrected chi connectivity index (χ0v) is 9.66. The molecule has 0 saturated carbocycles. The summed E-state index contributed by atoms with van der Waals surface area (Å²) in [5.41, 5.74) is -0.603. The first-order chi connectivity index (χ1) is 7.17. The predicted octanol–water partition coefficient (Wildman–Crippen LogP) is 1.35. The van der Waals surface area contributed by atoms with Gasteiger partial charge < -0.3 is 9.84 Å². The number of rotatable bonds is 6. The number of carboxylic acid groups (broad SMARTS) is 1. The molecule has 1 fully saturated rings. The lowest BCUT2D eigenvalue weighted by atomic mass is 9.93. The van der Waals surface area contributed by atoms with Gasteiger partial charge in [-0.2, -0.15) is 0 Å². The second kappa shape index (κ2) is 5.47. The molecule has 4 nitrogen and oxygen atoms in total. The van der Waals surface area contributed by atoms with E-state index in [1.165, 1.54) is 0 Å². The van der Waals surface area contributed by atoms with Gasteiger partial charge in [-0.15, -0.1) is 0 Å². The molecule has 0 aromatic rings. The summed E-state index contributed by atoms with van der Waals surface area (Å²) in [6, 6.07) is 0. The van der Waals surface area contributed by atoms with Crippen molar-refractivity contribution in [3.05, 3.63) is 0 Å². The number of carbonyl (C=O) groups is 1. The van der Waals surface area contributed by atoms with Gasteiger partial charge in [-0.1, -0.05) is 6.92 Å². The molecule has 1 atom stereocenters. The van der Waals surface area contributed by atoms with Crippen molar-refractivity contribution in [1.29, 1.82) is 0 Å². The Morgan fingerprint density at radius 2 is 2.33 bits per heavy atom. The van der Waals surface area contributed by atoms with Crippen LogP contribution in [0.5, 0.6) is 0 Å². The number of hydrogen-bond acceptors (Lipinski definition) is 3. The van der Waals surface area contributed by atoms with E-state index in [-0.39, 0.29) is 0 Å². The van der Waals surface area contributed by atoms with Crippen molar-refractivity contribution < 1.29 is 14.6 Å². The standard InChI is InChI=1S/C11H21NO3/c1-3-11(10(13)14)6-4-7-12(11)8-5-9-15-2/h3-9H2,1-2H3,(H,13,14). The van der Waals surface area contributed by atoms with Crippen LogP contribution in [0.25, 0.3) is 0 Å². The number of nitrogens with zero attached hydrogens (tertiary/aromatic N) is 1. The molecule has 1 rings (SSSR count). The summed E-state index contributed by atoms with van der Waals surface area (Å²) in [4.78, 5) is 13.4. The third-order valence-corrected chi connectivity index (χ3v) is 3.38. The van der Waals surface area contributed by atoms with E-state index in [0.717, 1.165) is 32.4 Å². The Labute approximate surface area is 91.2 Å². The monoisotopic (exact) mass is 215 g/mol. The highest BCUT2D eigenvalue weighted by atomic mass is 16.5. The van der Waals surface area contributed by atoms with Crippen molar-refractivity contribution in [3.8, 4) is 0 Å². The lowest BCUT2D eigenvalue weighted by molar-refractivity contribution is -0.150. The molecule has 4 heteroatoms. The Morgan fingerprint density at radius 1 is 1.60 bits per heavy atom. The van der Waals surface area contributed by atoms with Gasteiger partial charge >= 0.3 is 5.97 Å². The summed E-state index contributed by atoms with van der Waals surface area (Å²) >= 11 is 0. The van der Waals surface area contributed by atoms with Crippen LogP contribution in [-0.2, 0) is 9.53 Å². The summed E-state index contributed by atoms with van der Waals surface area (Å²) in [6.07, 6.45) is 3.37. The summed E-state index contributed by atoms with van der Waals surface area (Å²) in [5.74, 6) is -0.667. The van der Waals surface area contributed by atoms with E-state index in [1.807, 2.05) is 6.92 Å². The van der Waals surface area contributed by atoms with Gasteiger partial charge in [0.15, 0.2) is 0 Å². The van der Waals surface area contributed by atoms with Crippen LogP contribution in [-0.4, -0.2) is 48.3 Å². The van der Waals surface area contributed by atoms with E-state index in [0.29, 0.717) is 13.0 Å². The van der Waals surface area contributed by atoms with Crippen molar-refractivity contribution in [2.75, 3.05) is 26.8 Å². The van der Waals surface area contributed by atoms with Crippen LogP contribution in [0.4, 0.5) is 0 Å². The van der Waals surface area contributed by atoms with E-state index in [9.17, 15) is 9.90 Å². The van der Waals surface area contributed by atoms with E-state index >= 15 is 0 Å². The number of aliphatic carboxylic acids is 1. The molecule has 1 aliphatic heterocycles. The minimum Gasteiger partial charge on any atom is -0.480 e. The first kappa shape index (κ1) is 12.5. The first-order valence-corrected chi connectivity index (χ1v) is 5.64. The van der Waals surface area contributed by atoms with Crippen molar-refractivity contribution in [3.63, 3.8) is 0 Å². The largest absolute Gasteiger partial charge is 0.480 e. The zero-order chi connectivity index (χ0) is 11.3. The van der Waals surface area contributed by atoms with E-state index in [4.69, 9.17) is 4.74 Å². The fourth-order valence-corrected chi connectivity index (χ4v) is 2.45. The number of ether oxygens (including phenoxy) is 1. The van der Waals surface area contributed by atoms with Gasteiger partial charge in [0.05, 0.1) is 0 Å². The van der Waals surface area contributed by atoms with E-state index in [1.54, 1.807) is 7.11 Å². The molecule has 1 saturated heterocycles. The third-order valence-electron chi connectivity index (χ3n) is 3.38. The van der Waals surface area contributed by atoms with Gasteiger partial charge in [0, 0.05) is 20.3 Å². The molecule has 0 bridgehead atoms. The molecule has 0 aromatic carbocycles. The van der Waals surface area contributed by atoms with Crippen LogP contribution in [0.2, 0.25) is 0 Å². The fourth-order valence-electron chi connectivity index (χ4n) is 2.45. The normalized spacial score (nSPS) is 27.1. The molecule has 1 aliphatic rings. The smallest absolute Gasteiger partial charge is 0.324 e. The lowest BCUT2D eigenvalue weighted by Gasteiger charge is -2.33. The summed E-state index contributed by atoms with van der Waals surface area (Å²) in [5, 5.41) is 9.32. The zero-order valence-electron chi connectivity index (χ0n) is 9.66. The highest BCUT2D eigenvalue weighted by Gasteiger charge is 2.45. The van der Waals surface area contributed by atoms with Gasteiger partial charge in [0.25, 0.3) is 0 Å². The quantitative estimate of drug-likeness (QED) is 0.679. The average molecular weight is 215 g/mol. The van der Waals surface area contributed by atoms with Crippen molar-refractivity contribution >= 4 is 5.97 Å². The van der Waals surface area contributed by atoms with Crippen LogP contribution in [0.15, 0.2) is 0 Å². The summed E-state index contributed by atoms with van der Waals surface area (Å²) < 4.78 is 4.99. The molecule has 15 heavy (non-hydrogen) atoms. The highest BCUT2D eigenvalue weighted by molar-refractivity contribution is 5.79. The topological polar surface area (TPSA) is 49.8 Å². The average Bonchev–Trinajstić information content (AvgIpc) is 2.62. The molecule has 0 spiro atoms. The maximum absolute atomic E-state index is 11.3. The Bertz CT molecular complexity index is 220. The molecule has 0 radical (unpaired) electrons. The van der Waals surface area contributed by atoms with Crippen molar-refractivity contribution in [1.82, 2.24) is 4.90 Å². The molecule has 0 aromatic heterocycles. The number of methoxy groups -OCH3 is 1. The maximum atomic E-state index is 11.3. The molecule has 88 valence electrons. The molecule has 1 N–H and O–H groups in total. The molecule has 0 amide bonds. The van der Waals surface area contributed by atoms with Gasteiger partial charge in [0.2, 0.25) is 0 Å². The predicted molar refractivity (Wildman–Crippen MR) is 58.0 cm³/mol. The second-order valence-electron chi connectivity index (χ2n) is 4.13. The SMILES string of the molecule is CCC1(C(=O)O)CCCN1CCCOC. The number of carboxylic acids is 1. The van der Waals surface area contributed by atoms with Crippen molar-refractivity contribution in [2.45, 2.75) is 38.1 Å². The highest BCUT2D eigenvalue weighted by Crippen LogP contribution is 2.32. The number of hydrogen-bond donors (Lipinski definition) is 1. The molecule has 1 heterocycles. The minimum absolute atomic E-state index is 0.603. The minimum atomic E-state index is -0.667. The van der Waals surface area contributed by atoms with Crippen LogP contribution in [0, 0.1) is 0 Å².